The summed E-state index contributed by atoms with van der Waals surface area (Å²) in [6, 6.07) is 3.83. The van der Waals surface area contributed by atoms with Crippen LogP contribution >= 0.6 is 27.3 Å². The minimum absolute atomic E-state index is 0.220. The van der Waals surface area contributed by atoms with E-state index in [0.717, 1.165) is 34.7 Å². The lowest BCUT2D eigenvalue weighted by Gasteiger charge is -2.22. The van der Waals surface area contributed by atoms with Crippen molar-refractivity contribution in [1.29, 1.82) is 0 Å². The van der Waals surface area contributed by atoms with Gasteiger partial charge in [0.25, 0.3) is 0 Å². The summed E-state index contributed by atoms with van der Waals surface area (Å²) in [5.41, 5.74) is 0. The first-order chi connectivity index (χ1) is 8.52. The van der Waals surface area contributed by atoms with Gasteiger partial charge in [0.2, 0.25) is 0 Å². The van der Waals surface area contributed by atoms with Gasteiger partial charge in [0.15, 0.2) is 5.78 Å². The van der Waals surface area contributed by atoms with Crippen LogP contribution in [-0.2, 0) is 0 Å². The molecule has 0 radical (unpaired) electrons. The molecule has 0 aromatic carbocycles. The van der Waals surface area contributed by atoms with Crippen LogP contribution in [0.1, 0.15) is 23.0 Å². The van der Waals surface area contributed by atoms with E-state index in [9.17, 15) is 4.79 Å². The van der Waals surface area contributed by atoms with Crippen LogP contribution in [0.2, 0.25) is 0 Å². The van der Waals surface area contributed by atoms with Crippen LogP contribution in [0, 0.1) is 0 Å². The fourth-order valence-electron chi connectivity index (χ4n) is 1.67. The monoisotopic (exact) mass is 332 g/mol. The van der Waals surface area contributed by atoms with Gasteiger partial charge in [-0.1, -0.05) is 6.92 Å². The Kier molecular flexibility index (Phi) is 7.07. The van der Waals surface area contributed by atoms with Crippen LogP contribution in [0.25, 0.3) is 0 Å². The zero-order valence-corrected chi connectivity index (χ0v) is 13.7. The number of thiophene rings is 1. The SMILES string of the molecule is CCCN(CCN(C)C)CC(=O)c1ccc(Br)s1. The Balaban J connectivity index is 2.51. The molecule has 1 aromatic heterocycles. The number of nitrogens with zero attached hydrogens (tertiary/aromatic N) is 2. The molecule has 0 atom stereocenters. The Bertz CT molecular complexity index is 379. The molecule has 0 amide bonds. The van der Waals surface area contributed by atoms with Crippen molar-refractivity contribution in [1.82, 2.24) is 9.80 Å². The number of carbonyl (C=O) groups is 1. The lowest BCUT2D eigenvalue weighted by molar-refractivity contribution is 0.0929. The lowest BCUT2D eigenvalue weighted by atomic mass is 10.3. The van der Waals surface area contributed by atoms with Gasteiger partial charge >= 0.3 is 0 Å². The smallest absolute Gasteiger partial charge is 0.186 e. The average molecular weight is 333 g/mol. The molecule has 0 unspecified atom stereocenters. The summed E-state index contributed by atoms with van der Waals surface area (Å²) in [6.45, 7) is 5.58. The summed E-state index contributed by atoms with van der Waals surface area (Å²) in [5, 5.41) is 0. The molecule has 0 bridgehead atoms. The van der Waals surface area contributed by atoms with E-state index in [4.69, 9.17) is 0 Å². The number of hydrogen-bond donors (Lipinski definition) is 0. The van der Waals surface area contributed by atoms with Crippen molar-refractivity contribution in [2.45, 2.75) is 13.3 Å². The molecule has 0 saturated heterocycles. The van der Waals surface area contributed by atoms with Gasteiger partial charge in [-0.25, -0.2) is 0 Å². The number of rotatable bonds is 8. The minimum atomic E-state index is 0.220. The number of likely N-dealkylation sites (N-methyl/N-ethyl adjacent to an activating group) is 1. The zero-order valence-electron chi connectivity index (χ0n) is 11.3. The van der Waals surface area contributed by atoms with Crippen LogP contribution in [0.3, 0.4) is 0 Å². The van der Waals surface area contributed by atoms with Gasteiger partial charge in [0, 0.05) is 13.1 Å². The summed E-state index contributed by atoms with van der Waals surface area (Å²) in [5.74, 6) is 0.220. The second-order valence-corrected chi connectivity index (χ2v) is 7.07. The highest BCUT2D eigenvalue weighted by Gasteiger charge is 2.13. The van der Waals surface area contributed by atoms with E-state index in [2.05, 4.69) is 46.7 Å². The van der Waals surface area contributed by atoms with Crippen molar-refractivity contribution in [2.75, 3.05) is 40.3 Å². The molecule has 0 saturated carbocycles. The predicted octanol–water partition coefficient (Wildman–Crippen LogP) is 2.97. The molecule has 0 aliphatic rings. The number of ketones is 1. The van der Waals surface area contributed by atoms with E-state index in [1.165, 1.54) is 11.3 Å². The van der Waals surface area contributed by atoms with Crippen molar-refractivity contribution in [3.8, 4) is 0 Å². The summed E-state index contributed by atoms with van der Waals surface area (Å²) < 4.78 is 1.01. The molecule has 1 aromatic rings. The Morgan fingerprint density at radius 2 is 2.00 bits per heavy atom. The number of hydrogen-bond acceptors (Lipinski definition) is 4. The molecule has 1 rings (SSSR count). The third-order valence-corrected chi connectivity index (χ3v) is 4.28. The van der Waals surface area contributed by atoms with Crippen LogP contribution in [0.5, 0.6) is 0 Å². The number of carbonyl (C=O) groups excluding carboxylic acids is 1. The van der Waals surface area contributed by atoms with Crippen LogP contribution in [0.4, 0.5) is 0 Å². The van der Waals surface area contributed by atoms with Crippen molar-refractivity contribution in [2.24, 2.45) is 0 Å². The van der Waals surface area contributed by atoms with E-state index in [0.29, 0.717) is 6.54 Å². The van der Waals surface area contributed by atoms with Gasteiger partial charge in [-0.2, -0.15) is 0 Å². The maximum atomic E-state index is 12.1. The van der Waals surface area contributed by atoms with Gasteiger partial charge in [0.1, 0.15) is 0 Å². The van der Waals surface area contributed by atoms with Crippen LogP contribution < -0.4 is 0 Å². The molecule has 3 nitrogen and oxygen atoms in total. The molecule has 0 aliphatic carbocycles. The standard InChI is InChI=1S/C13H21BrN2OS/c1-4-7-16(9-8-15(2)3)10-11(17)12-5-6-13(14)18-12/h5-6H,4,7-10H2,1-3H3. The van der Waals surface area contributed by atoms with Gasteiger partial charge in [0.05, 0.1) is 15.2 Å². The molecule has 0 N–H and O–H groups in total. The maximum Gasteiger partial charge on any atom is 0.186 e. The summed E-state index contributed by atoms with van der Waals surface area (Å²) in [4.78, 5) is 17.3. The maximum absolute atomic E-state index is 12.1. The van der Waals surface area contributed by atoms with Gasteiger partial charge in [-0.15, -0.1) is 11.3 Å². The van der Waals surface area contributed by atoms with Crippen LogP contribution in [-0.4, -0.2) is 55.9 Å². The van der Waals surface area contributed by atoms with Gasteiger partial charge in [-0.05, 0) is 55.1 Å². The Hall–Kier alpha value is -0.230. The first-order valence-electron chi connectivity index (χ1n) is 6.18. The van der Waals surface area contributed by atoms with E-state index in [1.807, 2.05) is 12.1 Å². The Morgan fingerprint density at radius 1 is 1.28 bits per heavy atom. The highest BCUT2D eigenvalue weighted by molar-refractivity contribution is 9.11. The Morgan fingerprint density at radius 3 is 2.50 bits per heavy atom. The number of halogens is 1. The largest absolute Gasteiger partial charge is 0.308 e. The van der Waals surface area contributed by atoms with E-state index < -0.39 is 0 Å². The molecule has 18 heavy (non-hydrogen) atoms. The normalized spacial score (nSPS) is 11.4. The van der Waals surface area contributed by atoms with Crippen molar-refractivity contribution >= 4 is 33.0 Å². The third kappa shape index (κ3) is 5.61. The topological polar surface area (TPSA) is 23.6 Å². The fourth-order valence-corrected chi connectivity index (χ4v) is 2.99. The molecule has 0 fully saturated rings. The Labute approximate surface area is 122 Å². The summed E-state index contributed by atoms with van der Waals surface area (Å²) >= 11 is 4.90. The van der Waals surface area contributed by atoms with E-state index in [1.54, 1.807) is 0 Å². The minimum Gasteiger partial charge on any atom is -0.308 e. The van der Waals surface area contributed by atoms with Crippen molar-refractivity contribution in [3.63, 3.8) is 0 Å². The lowest BCUT2D eigenvalue weighted by Crippen LogP contribution is -2.36. The summed E-state index contributed by atoms with van der Waals surface area (Å²) in [7, 11) is 4.12. The first-order valence-corrected chi connectivity index (χ1v) is 7.79. The predicted molar refractivity (Wildman–Crippen MR) is 81.6 cm³/mol. The molecular formula is C13H21BrN2OS. The quantitative estimate of drug-likeness (QED) is 0.684. The second kappa shape index (κ2) is 8.04. The van der Waals surface area contributed by atoms with Crippen LogP contribution in [0.15, 0.2) is 15.9 Å². The average Bonchev–Trinajstić information content (AvgIpc) is 2.73. The van der Waals surface area contributed by atoms with E-state index >= 15 is 0 Å². The molecule has 5 heteroatoms. The molecule has 0 spiro atoms. The molecular weight excluding hydrogens is 312 g/mol. The number of Topliss-reactive ketones (excluding diaryl/α,β-unsaturated/α-hetero) is 1. The highest BCUT2D eigenvalue weighted by atomic mass is 79.9. The van der Waals surface area contributed by atoms with Crippen molar-refractivity contribution < 1.29 is 4.79 Å². The third-order valence-electron chi connectivity index (χ3n) is 2.62. The zero-order chi connectivity index (χ0) is 13.5. The molecule has 1 heterocycles. The van der Waals surface area contributed by atoms with E-state index in [-0.39, 0.29) is 5.78 Å². The summed E-state index contributed by atoms with van der Waals surface area (Å²) in [6.07, 6.45) is 1.08. The first kappa shape index (κ1) is 15.8. The fraction of sp³-hybridized carbons (Fsp3) is 0.615. The van der Waals surface area contributed by atoms with Crippen molar-refractivity contribution in [3.05, 3.63) is 20.8 Å². The molecule has 102 valence electrons. The molecule has 0 aliphatic heterocycles. The highest BCUT2D eigenvalue weighted by Crippen LogP contribution is 2.22. The van der Waals surface area contributed by atoms with Gasteiger partial charge in [-0.3, -0.25) is 9.69 Å². The van der Waals surface area contributed by atoms with Gasteiger partial charge < -0.3 is 4.90 Å². The second-order valence-electron chi connectivity index (χ2n) is 4.61.